The summed E-state index contributed by atoms with van der Waals surface area (Å²) in [5.74, 6) is 1.04. The SMILES string of the molecule is CC1=C2NNC(c3cc(C)[nH]n3)N2CC=N1. The number of nitrogens with zero attached hydrogens (tertiary/aromatic N) is 3. The Morgan fingerprint density at radius 1 is 1.44 bits per heavy atom. The maximum Gasteiger partial charge on any atom is 0.143 e. The smallest absolute Gasteiger partial charge is 0.143 e. The molecule has 3 rings (SSSR count). The van der Waals surface area contributed by atoms with Crippen molar-refractivity contribution in [2.24, 2.45) is 4.99 Å². The third-order valence-corrected chi connectivity index (χ3v) is 2.84. The number of fused-ring (bicyclic) bond motifs is 1. The van der Waals surface area contributed by atoms with Crippen LogP contribution in [0, 0.1) is 6.92 Å². The fourth-order valence-corrected chi connectivity index (χ4v) is 2.05. The van der Waals surface area contributed by atoms with Crippen LogP contribution in [-0.4, -0.2) is 27.9 Å². The lowest BCUT2D eigenvalue weighted by Crippen LogP contribution is -2.30. The predicted octanol–water partition coefficient (Wildman–Crippen LogP) is 0.400. The Hall–Kier alpha value is -1.82. The van der Waals surface area contributed by atoms with Gasteiger partial charge in [0, 0.05) is 11.9 Å². The number of hydrogen-bond acceptors (Lipinski definition) is 5. The molecule has 0 radical (unpaired) electrons. The Bertz CT molecular complexity index is 471. The summed E-state index contributed by atoms with van der Waals surface area (Å²) in [6.07, 6.45) is 1.99. The molecule has 3 heterocycles. The Morgan fingerprint density at radius 2 is 2.31 bits per heavy atom. The molecule has 0 bridgehead atoms. The molecule has 0 aromatic carbocycles. The summed E-state index contributed by atoms with van der Waals surface area (Å²) in [6, 6.07) is 2.05. The van der Waals surface area contributed by atoms with Crippen molar-refractivity contribution in [2.45, 2.75) is 20.0 Å². The van der Waals surface area contributed by atoms with Crippen molar-refractivity contribution in [3.05, 3.63) is 29.0 Å². The van der Waals surface area contributed by atoms with Crippen molar-refractivity contribution in [1.29, 1.82) is 0 Å². The van der Waals surface area contributed by atoms with E-state index in [-0.39, 0.29) is 6.17 Å². The second kappa shape index (κ2) is 3.34. The molecule has 2 aliphatic rings. The number of aromatic amines is 1. The molecule has 6 heteroatoms. The second-order valence-electron chi connectivity index (χ2n) is 4.05. The van der Waals surface area contributed by atoms with Crippen molar-refractivity contribution in [2.75, 3.05) is 6.54 Å². The van der Waals surface area contributed by atoms with Crippen molar-refractivity contribution < 1.29 is 0 Å². The molecule has 1 fully saturated rings. The van der Waals surface area contributed by atoms with Gasteiger partial charge in [0.25, 0.3) is 0 Å². The van der Waals surface area contributed by atoms with Gasteiger partial charge in [-0.2, -0.15) is 5.10 Å². The van der Waals surface area contributed by atoms with Crippen LogP contribution in [0.3, 0.4) is 0 Å². The number of hydrazine groups is 1. The predicted molar refractivity (Wildman–Crippen MR) is 60.2 cm³/mol. The molecule has 84 valence electrons. The molecule has 3 N–H and O–H groups in total. The quantitative estimate of drug-likeness (QED) is 0.638. The highest BCUT2D eigenvalue weighted by atomic mass is 15.6. The molecule has 1 unspecified atom stereocenters. The minimum Gasteiger partial charge on any atom is -0.328 e. The van der Waals surface area contributed by atoms with E-state index >= 15 is 0 Å². The van der Waals surface area contributed by atoms with E-state index in [1.807, 2.05) is 26.1 Å². The molecular weight excluding hydrogens is 204 g/mol. The van der Waals surface area contributed by atoms with Crippen molar-refractivity contribution in [3.8, 4) is 0 Å². The number of rotatable bonds is 1. The summed E-state index contributed by atoms with van der Waals surface area (Å²) in [7, 11) is 0. The van der Waals surface area contributed by atoms with E-state index in [0.717, 1.165) is 29.5 Å². The number of aryl methyl sites for hydroxylation is 1. The second-order valence-corrected chi connectivity index (χ2v) is 4.05. The summed E-state index contributed by atoms with van der Waals surface area (Å²) in [4.78, 5) is 6.49. The summed E-state index contributed by atoms with van der Waals surface area (Å²) in [5.41, 5.74) is 9.42. The van der Waals surface area contributed by atoms with Gasteiger partial charge in [0.15, 0.2) is 0 Å². The molecule has 0 saturated carbocycles. The zero-order chi connectivity index (χ0) is 11.1. The van der Waals surface area contributed by atoms with Crippen LogP contribution in [-0.2, 0) is 0 Å². The molecule has 1 aromatic heterocycles. The van der Waals surface area contributed by atoms with Gasteiger partial charge in [-0.1, -0.05) is 0 Å². The van der Waals surface area contributed by atoms with Gasteiger partial charge < -0.3 is 10.3 Å². The lowest BCUT2D eigenvalue weighted by atomic mass is 10.2. The minimum absolute atomic E-state index is 0.0710. The van der Waals surface area contributed by atoms with Crippen LogP contribution >= 0.6 is 0 Å². The first-order chi connectivity index (χ1) is 7.75. The van der Waals surface area contributed by atoms with E-state index in [0.29, 0.717) is 0 Å². The molecule has 2 aliphatic heterocycles. The molecule has 1 aromatic rings. The van der Waals surface area contributed by atoms with Gasteiger partial charge >= 0.3 is 0 Å². The lowest BCUT2D eigenvalue weighted by molar-refractivity contribution is 0.305. The number of nitrogens with one attached hydrogen (secondary N) is 3. The largest absolute Gasteiger partial charge is 0.328 e. The molecule has 6 nitrogen and oxygen atoms in total. The zero-order valence-corrected chi connectivity index (χ0v) is 9.28. The molecule has 0 aliphatic carbocycles. The van der Waals surface area contributed by atoms with E-state index < -0.39 is 0 Å². The zero-order valence-electron chi connectivity index (χ0n) is 9.28. The summed E-state index contributed by atoms with van der Waals surface area (Å²) in [5, 5.41) is 7.24. The Kier molecular flexibility index (Phi) is 1.97. The summed E-state index contributed by atoms with van der Waals surface area (Å²) in [6.45, 7) is 4.78. The van der Waals surface area contributed by atoms with Crippen molar-refractivity contribution in [3.63, 3.8) is 0 Å². The average molecular weight is 218 g/mol. The first kappa shape index (κ1) is 9.41. The molecule has 16 heavy (non-hydrogen) atoms. The van der Waals surface area contributed by atoms with Gasteiger partial charge in [-0.3, -0.25) is 10.1 Å². The van der Waals surface area contributed by atoms with Gasteiger partial charge in [0.2, 0.25) is 0 Å². The number of hydrogen-bond donors (Lipinski definition) is 3. The molecule has 0 amide bonds. The van der Waals surface area contributed by atoms with E-state index in [4.69, 9.17) is 0 Å². The Balaban J connectivity index is 1.93. The molecule has 1 atom stereocenters. The van der Waals surface area contributed by atoms with E-state index in [9.17, 15) is 0 Å². The van der Waals surface area contributed by atoms with Crippen LogP contribution in [0.5, 0.6) is 0 Å². The average Bonchev–Trinajstić information content (AvgIpc) is 2.84. The van der Waals surface area contributed by atoms with Crippen LogP contribution in [0.25, 0.3) is 0 Å². The Labute approximate surface area is 93.4 Å². The van der Waals surface area contributed by atoms with Crippen molar-refractivity contribution >= 4 is 6.21 Å². The van der Waals surface area contributed by atoms with Gasteiger partial charge in [-0.05, 0) is 19.9 Å². The van der Waals surface area contributed by atoms with Crippen molar-refractivity contribution in [1.82, 2.24) is 25.9 Å². The van der Waals surface area contributed by atoms with Crippen LogP contribution in [0.15, 0.2) is 22.6 Å². The lowest BCUT2D eigenvalue weighted by Gasteiger charge is -2.25. The summed E-state index contributed by atoms with van der Waals surface area (Å²) < 4.78 is 0. The number of aromatic nitrogens is 2. The van der Waals surface area contributed by atoms with E-state index in [1.165, 1.54) is 0 Å². The summed E-state index contributed by atoms with van der Waals surface area (Å²) >= 11 is 0. The van der Waals surface area contributed by atoms with Gasteiger partial charge in [-0.25, -0.2) is 5.43 Å². The molecule has 0 spiro atoms. The first-order valence-corrected chi connectivity index (χ1v) is 5.29. The number of aliphatic imine (C=N–C) groups is 1. The number of allylic oxidation sites excluding steroid dienone is 1. The maximum atomic E-state index is 4.29. The first-order valence-electron chi connectivity index (χ1n) is 5.29. The molecule has 1 saturated heterocycles. The standard InChI is InChI=1S/C10H14N6/c1-6-5-8(13-12-6)10-15-14-9-7(2)11-3-4-16(9)10/h3,5,10,14-15H,4H2,1-2H3,(H,12,13). The third-order valence-electron chi connectivity index (χ3n) is 2.84. The maximum absolute atomic E-state index is 4.29. The van der Waals surface area contributed by atoms with Gasteiger partial charge in [0.1, 0.15) is 17.7 Å². The van der Waals surface area contributed by atoms with Gasteiger partial charge in [-0.15, -0.1) is 0 Å². The van der Waals surface area contributed by atoms with E-state index in [2.05, 4.69) is 30.9 Å². The topological polar surface area (TPSA) is 68.3 Å². The fourth-order valence-electron chi connectivity index (χ4n) is 2.05. The highest BCUT2D eigenvalue weighted by Crippen LogP contribution is 2.27. The monoisotopic (exact) mass is 218 g/mol. The third kappa shape index (κ3) is 1.30. The fraction of sp³-hybridized carbons (Fsp3) is 0.400. The Morgan fingerprint density at radius 3 is 3.06 bits per heavy atom. The van der Waals surface area contributed by atoms with Crippen LogP contribution in [0.2, 0.25) is 0 Å². The molecular formula is C10H14N6. The highest BCUT2D eigenvalue weighted by Gasteiger charge is 2.32. The van der Waals surface area contributed by atoms with Crippen LogP contribution in [0.4, 0.5) is 0 Å². The minimum atomic E-state index is 0.0710. The van der Waals surface area contributed by atoms with Crippen LogP contribution < -0.4 is 10.9 Å². The van der Waals surface area contributed by atoms with E-state index in [1.54, 1.807) is 0 Å². The van der Waals surface area contributed by atoms with Crippen LogP contribution in [0.1, 0.15) is 24.5 Å². The normalized spacial score (nSPS) is 23.6. The van der Waals surface area contributed by atoms with Gasteiger partial charge in [0.05, 0.1) is 12.2 Å². The highest BCUT2D eigenvalue weighted by molar-refractivity contribution is 5.63. The number of H-pyrrole nitrogens is 1.